The molecule has 1 aromatic carbocycles. The second-order valence-electron chi connectivity index (χ2n) is 9.82. The van der Waals surface area contributed by atoms with Gasteiger partial charge in [0.2, 0.25) is 0 Å². The Morgan fingerprint density at radius 3 is 2.66 bits per heavy atom. The number of pyridine rings is 1. The van der Waals surface area contributed by atoms with Crippen LogP contribution in [0.25, 0.3) is 27.7 Å². The average Bonchev–Trinajstić information content (AvgIpc) is 3.25. The fourth-order valence-corrected chi connectivity index (χ4v) is 5.43. The average molecular weight is 471 g/mol. The van der Waals surface area contributed by atoms with Crippen LogP contribution in [0, 0.1) is 24.1 Å². The maximum atomic E-state index is 14.1. The Labute approximate surface area is 203 Å². The van der Waals surface area contributed by atoms with E-state index in [0.717, 1.165) is 67.1 Å². The van der Waals surface area contributed by atoms with E-state index in [1.165, 1.54) is 6.07 Å². The molecule has 0 atom stereocenters. The molecule has 0 radical (unpaired) electrons. The van der Waals surface area contributed by atoms with Crippen LogP contribution in [0.15, 0.2) is 43.0 Å². The van der Waals surface area contributed by atoms with Gasteiger partial charge in [-0.25, -0.2) is 13.9 Å². The van der Waals surface area contributed by atoms with E-state index >= 15 is 0 Å². The van der Waals surface area contributed by atoms with Gasteiger partial charge < -0.3 is 9.80 Å². The predicted molar refractivity (Wildman–Crippen MR) is 133 cm³/mol. The first kappa shape index (κ1) is 21.9. The normalized spacial score (nSPS) is 18.6. The molecule has 5 heterocycles. The molecule has 178 valence electrons. The van der Waals surface area contributed by atoms with E-state index in [9.17, 15) is 9.65 Å². The molecule has 0 bridgehead atoms. The second-order valence-corrected chi connectivity index (χ2v) is 9.82. The minimum atomic E-state index is -0.261. The number of anilines is 1. The van der Waals surface area contributed by atoms with Crippen molar-refractivity contribution in [2.75, 3.05) is 51.2 Å². The van der Waals surface area contributed by atoms with Gasteiger partial charge in [-0.2, -0.15) is 10.4 Å². The number of aryl methyl sites for hydroxylation is 1. The number of halogens is 1. The molecule has 0 amide bonds. The third-order valence-corrected chi connectivity index (χ3v) is 7.57. The molecule has 35 heavy (non-hydrogen) atoms. The first-order valence-electron chi connectivity index (χ1n) is 11.9. The van der Waals surface area contributed by atoms with Crippen LogP contribution >= 0.6 is 0 Å². The minimum absolute atomic E-state index is 0.0939. The number of aromatic nitrogens is 4. The highest BCUT2D eigenvalue weighted by atomic mass is 19.1. The van der Waals surface area contributed by atoms with E-state index in [0.29, 0.717) is 17.5 Å². The highest BCUT2D eigenvalue weighted by Gasteiger charge is 2.48. The third kappa shape index (κ3) is 3.61. The summed E-state index contributed by atoms with van der Waals surface area (Å²) in [6.07, 6.45) is 7.91. The number of benzene rings is 1. The Kier molecular flexibility index (Phi) is 5.16. The van der Waals surface area contributed by atoms with E-state index in [4.69, 9.17) is 4.98 Å². The van der Waals surface area contributed by atoms with Crippen LogP contribution in [0.1, 0.15) is 12.0 Å². The summed E-state index contributed by atoms with van der Waals surface area (Å²) in [7, 11) is 2.15. The monoisotopic (exact) mass is 470 g/mol. The quantitative estimate of drug-likeness (QED) is 0.454. The summed E-state index contributed by atoms with van der Waals surface area (Å²) in [5, 5.41) is 15.0. The minimum Gasteiger partial charge on any atom is -0.365 e. The van der Waals surface area contributed by atoms with Gasteiger partial charge in [0.25, 0.3) is 0 Å². The van der Waals surface area contributed by atoms with Crippen molar-refractivity contribution < 1.29 is 4.39 Å². The van der Waals surface area contributed by atoms with Crippen molar-refractivity contribution in [1.29, 1.82) is 5.26 Å². The SMILES string of the molecule is Cc1cc2c(-c3cnn4cc(N5CC(CC#N)(N6CCN(C)CC6)C5)cnc34)ccnc2cc1F. The molecule has 6 rings (SSSR count). The van der Waals surface area contributed by atoms with E-state index < -0.39 is 0 Å². The third-order valence-electron chi connectivity index (χ3n) is 7.57. The highest BCUT2D eigenvalue weighted by Crippen LogP contribution is 2.36. The summed E-state index contributed by atoms with van der Waals surface area (Å²) in [6, 6.07) is 7.65. The Morgan fingerprint density at radius 1 is 1.09 bits per heavy atom. The van der Waals surface area contributed by atoms with Crippen molar-refractivity contribution in [3.8, 4) is 17.2 Å². The van der Waals surface area contributed by atoms with Gasteiger partial charge in [0.05, 0.1) is 47.8 Å². The van der Waals surface area contributed by atoms with Crippen LogP contribution in [-0.4, -0.2) is 81.2 Å². The number of nitriles is 1. The van der Waals surface area contributed by atoms with E-state index in [1.807, 2.05) is 24.5 Å². The molecular formula is C26H27FN8. The zero-order chi connectivity index (χ0) is 24.2. The number of rotatable bonds is 4. The topological polar surface area (TPSA) is 76.6 Å². The summed E-state index contributed by atoms with van der Waals surface area (Å²) in [5.74, 6) is -0.261. The summed E-state index contributed by atoms with van der Waals surface area (Å²) in [6.45, 7) is 7.44. The Morgan fingerprint density at radius 2 is 1.89 bits per heavy atom. The molecule has 2 fully saturated rings. The first-order valence-corrected chi connectivity index (χ1v) is 11.9. The van der Waals surface area contributed by atoms with Crippen molar-refractivity contribution in [3.05, 3.63) is 54.4 Å². The van der Waals surface area contributed by atoms with Gasteiger partial charge in [-0.15, -0.1) is 0 Å². The maximum absolute atomic E-state index is 14.1. The van der Waals surface area contributed by atoms with Gasteiger partial charge in [-0.1, -0.05) is 0 Å². The lowest BCUT2D eigenvalue weighted by molar-refractivity contribution is 0.0221. The second kappa shape index (κ2) is 8.26. The van der Waals surface area contributed by atoms with Gasteiger partial charge in [0, 0.05) is 62.5 Å². The fourth-order valence-electron chi connectivity index (χ4n) is 5.43. The molecule has 4 aromatic rings. The number of piperazine rings is 1. The molecule has 0 spiro atoms. The van der Waals surface area contributed by atoms with Crippen LogP contribution in [-0.2, 0) is 0 Å². The summed E-state index contributed by atoms with van der Waals surface area (Å²) in [5.41, 5.74) is 4.65. The van der Waals surface area contributed by atoms with Crippen molar-refractivity contribution in [3.63, 3.8) is 0 Å². The van der Waals surface area contributed by atoms with Crippen LogP contribution < -0.4 is 4.90 Å². The summed E-state index contributed by atoms with van der Waals surface area (Å²) >= 11 is 0. The van der Waals surface area contributed by atoms with Gasteiger partial charge >= 0.3 is 0 Å². The van der Waals surface area contributed by atoms with Crippen molar-refractivity contribution in [1.82, 2.24) is 29.4 Å². The van der Waals surface area contributed by atoms with E-state index in [2.05, 4.69) is 37.9 Å². The number of hydrogen-bond acceptors (Lipinski definition) is 7. The van der Waals surface area contributed by atoms with Gasteiger partial charge in [0.1, 0.15) is 5.82 Å². The lowest BCUT2D eigenvalue weighted by atomic mass is 9.83. The highest BCUT2D eigenvalue weighted by molar-refractivity contribution is 5.98. The van der Waals surface area contributed by atoms with Crippen LogP contribution in [0.2, 0.25) is 0 Å². The molecule has 8 nitrogen and oxygen atoms in total. The lowest BCUT2D eigenvalue weighted by Gasteiger charge is -2.57. The van der Waals surface area contributed by atoms with Crippen molar-refractivity contribution >= 4 is 22.2 Å². The van der Waals surface area contributed by atoms with Crippen LogP contribution in [0.3, 0.4) is 0 Å². The Bertz CT molecular complexity index is 1460. The Balaban J connectivity index is 1.29. The molecule has 3 aromatic heterocycles. The van der Waals surface area contributed by atoms with Gasteiger partial charge in [-0.05, 0) is 37.2 Å². The molecule has 0 aliphatic carbocycles. The predicted octanol–water partition coefficient (Wildman–Crippen LogP) is 3.11. The number of fused-ring (bicyclic) bond motifs is 2. The zero-order valence-corrected chi connectivity index (χ0v) is 19.9. The van der Waals surface area contributed by atoms with Gasteiger partial charge in [-0.3, -0.25) is 9.88 Å². The van der Waals surface area contributed by atoms with Gasteiger partial charge in [0.15, 0.2) is 5.65 Å². The first-order chi connectivity index (χ1) is 17.0. The van der Waals surface area contributed by atoms with Crippen molar-refractivity contribution in [2.24, 2.45) is 0 Å². The van der Waals surface area contributed by atoms with Crippen LogP contribution in [0.5, 0.6) is 0 Å². The standard InChI is InChI=1S/C26H27FN8/c1-18-11-21-20(3-6-29-24(21)12-23(18)27)22-14-31-35-15-19(13-30-25(22)35)33-16-26(17-33,4-5-28)34-9-7-32(2)8-10-34/h3,6,11-15H,4,7-10,16-17H2,1-2H3. The molecule has 0 saturated carbocycles. The largest absolute Gasteiger partial charge is 0.365 e. The molecule has 9 heteroatoms. The lowest BCUT2D eigenvalue weighted by Crippen LogP contribution is -2.72. The smallest absolute Gasteiger partial charge is 0.162 e. The molecule has 2 aliphatic heterocycles. The molecule has 0 unspecified atom stereocenters. The number of nitrogens with zero attached hydrogens (tertiary/aromatic N) is 8. The number of likely N-dealkylation sites (N-methyl/N-ethyl adjacent to an activating group) is 1. The molecular weight excluding hydrogens is 443 g/mol. The Hall–Kier alpha value is -3.61. The maximum Gasteiger partial charge on any atom is 0.162 e. The van der Waals surface area contributed by atoms with E-state index in [-0.39, 0.29) is 11.4 Å². The molecule has 2 aliphatic rings. The summed E-state index contributed by atoms with van der Waals surface area (Å²) < 4.78 is 15.9. The van der Waals surface area contributed by atoms with E-state index in [1.54, 1.807) is 23.8 Å². The van der Waals surface area contributed by atoms with Crippen LogP contribution in [0.4, 0.5) is 10.1 Å². The van der Waals surface area contributed by atoms with Crippen molar-refractivity contribution in [2.45, 2.75) is 18.9 Å². The number of hydrogen-bond donors (Lipinski definition) is 0. The molecule has 2 saturated heterocycles. The fraction of sp³-hybridized carbons (Fsp3) is 0.385. The zero-order valence-electron chi connectivity index (χ0n) is 19.9. The molecule has 0 N–H and O–H groups in total. The summed E-state index contributed by atoms with van der Waals surface area (Å²) in [4.78, 5) is 16.2.